The van der Waals surface area contributed by atoms with E-state index in [1.807, 2.05) is 37.3 Å². The summed E-state index contributed by atoms with van der Waals surface area (Å²) in [6.45, 7) is 2.64. The van der Waals surface area contributed by atoms with Crippen LogP contribution in [0.2, 0.25) is 0 Å². The van der Waals surface area contributed by atoms with Gasteiger partial charge in [-0.05, 0) is 48.9 Å². The predicted molar refractivity (Wildman–Crippen MR) is 102 cm³/mol. The highest BCUT2D eigenvalue weighted by molar-refractivity contribution is 7.92. The van der Waals surface area contributed by atoms with Crippen LogP contribution < -0.4 is 10.0 Å². The Balaban J connectivity index is 1.65. The smallest absolute Gasteiger partial charge is 0.261 e. The molecule has 4 nitrogen and oxygen atoms in total. The number of rotatable bonds is 6. The maximum atomic E-state index is 12.4. The van der Waals surface area contributed by atoms with Gasteiger partial charge in [-0.15, -0.1) is 0 Å². The molecular weight excluding hydrogens is 332 g/mol. The van der Waals surface area contributed by atoms with Crippen LogP contribution in [0.25, 0.3) is 0 Å². The summed E-state index contributed by atoms with van der Waals surface area (Å²) in [5, 5.41) is 3.31. The third kappa shape index (κ3) is 4.61. The molecule has 3 aromatic carbocycles. The van der Waals surface area contributed by atoms with E-state index in [1.165, 1.54) is 5.56 Å². The van der Waals surface area contributed by atoms with Crippen LogP contribution in [0, 0.1) is 6.92 Å². The third-order valence-electron chi connectivity index (χ3n) is 3.81. The quantitative estimate of drug-likeness (QED) is 0.691. The molecule has 3 aromatic rings. The van der Waals surface area contributed by atoms with E-state index < -0.39 is 10.0 Å². The second kappa shape index (κ2) is 7.40. The SMILES string of the molecule is Cc1ccc(S(=O)(=O)Nc2ccc(NCc3ccccc3)cc2)cc1. The van der Waals surface area contributed by atoms with Crippen molar-refractivity contribution in [2.45, 2.75) is 18.4 Å². The predicted octanol–water partition coefficient (Wildman–Crippen LogP) is 4.41. The fourth-order valence-electron chi connectivity index (χ4n) is 2.39. The van der Waals surface area contributed by atoms with Gasteiger partial charge in [0.05, 0.1) is 4.90 Å². The van der Waals surface area contributed by atoms with Crippen LogP contribution in [0.5, 0.6) is 0 Å². The highest BCUT2D eigenvalue weighted by Gasteiger charge is 2.13. The van der Waals surface area contributed by atoms with Crippen LogP contribution in [-0.4, -0.2) is 8.42 Å². The summed E-state index contributed by atoms with van der Waals surface area (Å²) < 4.78 is 27.4. The molecule has 0 unspecified atom stereocenters. The molecule has 2 N–H and O–H groups in total. The molecule has 0 fully saturated rings. The van der Waals surface area contributed by atoms with Crippen molar-refractivity contribution in [3.63, 3.8) is 0 Å². The Kier molecular flexibility index (Phi) is 5.05. The van der Waals surface area contributed by atoms with Crippen molar-refractivity contribution in [3.05, 3.63) is 90.0 Å². The zero-order valence-electron chi connectivity index (χ0n) is 13.9. The molecule has 0 saturated carbocycles. The van der Waals surface area contributed by atoms with E-state index in [-0.39, 0.29) is 4.90 Å². The molecule has 0 aliphatic heterocycles. The molecule has 128 valence electrons. The number of benzene rings is 3. The van der Waals surface area contributed by atoms with Crippen molar-refractivity contribution in [2.24, 2.45) is 0 Å². The normalized spacial score (nSPS) is 11.1. The maximum Gasteiger partial charge on any atom is 0.261 e. The number of anilines is 2. The molecule has 3 rings (SSSR count). The summed E-state index contributed by atoms with van der Waals surface area (Å²) in [6.07, 6.45) is 0. The van der Waals surface area contributed by atoms with Crippen molar-refractivity contribution in [1.29, 1.82) is 0 Å². The molecule has 0 radical (unpaired) electrons. The van der Waals surface area contributed by atoms with E-state index in [0.717, 1.165) is 17.8 Å². The standard InChI is InChI=1S/C20H20N2O2S/c1-16-7-13-20(14-8-16)25(23,24)22-19-11-9-18(10-12-19)21-15-17-5-3-2-4-6-17/h2-14,21-22H,15H2,1H3. The first-order valence-electron chi connectivity index (χ1n) is 8.00. The average molecular weight is 352 g/mol. The Labute approximate surface area is 148 Å². The van der Waals surface area contributed by atoms with E-state index in [0.29, 0.717) is 5.69 Å². The Morgan fingerprint density at radius 1 is 0.760 bits per heavy atom. The van der Waals surface area contributed by atoms with Gasteiger partial charge in [0.25, 0.3) is 10.0 Å². The molecule has 0 aliphatic rings. The summed E-state index contributed by atoms with van der Waals surface area (Å²) in [5.41, 5.74) is 3.67. The van der Waals surface area contributed by atoms with Gasteiger partial charge in [0.1, 0.15) is 0 Å². The lowest BCUT2D eigenvalue weighted by Crippen LogP contribution is -2.12. The largest absolute Gasteiger partial charge is 0.381 e. The van der Waals surface area contributed by atoms with Crippen molar-refractivity contribution in [2.75, 3.05) is 10.0 Å². The van der Waals surface area contributed by atoms with Crippen molar-refractivity contribution < 1.29 is 8.42 Å². The summed E-state index contributed by atoms with van der Waals surface area (Å²) in [4.78, 5) is 0.254. The molecule has 0 bridgehead atoms. The monoisotopic (exact) mass is 352 g/mol. The Morgan fingerprint density at radius 3 is 2.00 bits per heavy atom. The molecule has 0 aromatic heterocycles. The Hall–Kier alpha value is -2.79. The highest BCUT2D eigenvalue weighted by Crippen LogP contribution is 2.19. The lowest BCUT2D eigenvalue weighted by molar-refractivity contribution is 0.601. The van der Waals surface area contributed by atoms with E-state index in [4.69, 9.17) is 0 Å². The van der Waals surface area contributed by atoms with Gasteiger partial charge >= 0.3 is 0 Å². The molecule has 0 heterocycles. The van der Waals surface area contributed by atoms with Crippen LogP contribution in [0.4, 0.5) is 11.4 Å². The maximum absolute atomic E-state index is 12.4. The van der Waals surface area contributed by atoms with Gasteiger partial charge in [-0.2, -0.15) is 0 Å². The van der Waals surface area contributed by atoms with Gasteiger partial charge in [-0.3, -0.25) is 4.72 Å². The number of aryl methyl sites for hydroxylation is 1. The van der Waals surface area contributed by atoms with E-state index >= 15 is 0 Å². The van der Waals surface area contributed by atoms with Crippen LogP contribution in [0.1, 0.15) is 11.1 Å². The van der Waals surface area contributed by atoms with E-state index in [2.05, 4.69) is 22.2 Å². The topological polar surface area (TPSA) is 58.2 Å². The van der Waals surface area contributed by atoms with Crippen molar-refractivity contribution in [1.82, 2.24) is 0 Å². The number of sulfonamides is 1. The molecule has 0 atom stereocenters. The Morgan fingerprint density at radius 2 is 1.36 bits per heavy atom. The van der Waals surface area contributed by atoms with Gasteiger partial charge in [0.15, 0.2) is 0 Å². The first kappa shape index (κ1) is 17.0. The van der Waals surface area contributed by atoms with Gasteiger partial charge in [0, 0.05) is 17.9 Å². The molecule has 5 heteroatoms. The zero-order valence-corrected chi connectivity index (χ0v) is 14.8. The van der Waals surface area contributed by atoms with Crippen molar-refractivity contribution in [3.8, 4) is 0 Å². The second-order valence-corrected chi connectivity index (χ2v) is 7.52. The van der Waals surface area contributed by atoms with Gasteiger partial charge in [-0.25, -0.2) is 8.42 Å². The molecule has 25 heavy (non-hydrogen) atoms. The van der Waals surface area contributed by atoms with Gasteiger partial charge in [0.2, 0.25) is 0 Å². The lowest BCUT2D eigenvalue weighted by atomic mass is 10.2. The minimum Gasteiger partial charge on any atom is -0.381 e. The number of nitrogens with one attached hydrogen (secondary N) is 2. The number of hydrogen-bond donors (Lipinski definition) is 2. The number of hydrogen-bond acceptors (Lipinski definition) is 3. The minimum absolute atomic E-state index is 0.254. The lowest BCUT2D eigenvalue weighted by Gasteiger charge is -2.10. The molecule has 0 aliphatic carbocycles. The summed E-state index contributed by atoms with van der Waals surface area (Å²) in [7, 11) is -3.57. The van der Waals surface area contributed by atoms with Crippen LogP contribution >= 0.6 is 0 Å². The van der Waals surface area contributed by atoms with Gasteiger partial charge in [-0.1, -0.05) is 48.0 Å². The highest BCUT2D eigenvalue weighted by atomic mass is 32.2. The minimum atomic E-state index is -3.57. The second-order valence-electron chi connectivity index (χ2n) is 5.84. The Bertz CT molecular complexity index is 920. The van der Waals surface area contributed by atoms with E-state index in [9.17, 15) is 8.42 Å². The third-order valence-corrected chi connectivity index (χ3v) is 5.21. The molecule has 0 saturated heterocycles. The fraction of sp³-hybridized carbons (Fsp3) is 0.100. The van der Waals surface area contributed by atoms with Crippen LogP contribution in [0.15, 0.2) is 83.8 Å². The van der Waals surface area contributed by atoms with E-state index in [1.54, 1.807) is 36.4 Å². The fourth-order valence-corrected chi connectivity index (χ4v) is 3.45. The first-order chi connectivity index (χ1) is 12.0. The van der Waals surface area contributed by atoms with Crippen LogP contribution in [-0.2, 0) is 16.6 Å². The summed E-state index contributed by atoms with van der Waals surface area (Å²) in [5.74, 6) is 0. The van der Waals surface area contributed by atoms with Crippen molar-refractivity contribution >= 4 is 21.4 Å². The molecule has 0 spiro atoms. The van der Waals surface area contributed by atoms with Gasteiger partial charge < -0.3 is 5.32 Å². The zero-order chi connectivity index (χ0) is 17.7. The summed E-state index contributed by atoms with van der Waals surface area (Å²) >= 11 is 0. The molecule has 0 amide bonds. The van der Waals surface area contributed by atoms with Crippen LogP contribution in [0.3, 0.4) is 0 Å². The first-order valence-corrected chi connectivity index (χ1v) is 9.49. The summed E-state index contributed by atoms with van der Waals surface area (Å²) in [6, 6.07) is 24.1. The molecular formula is C20H20N2O2S. The average Bonchev–Trinajstić information content (AvgIpc) is 2.62.